The fraction of sp³-hybridized carbons (Fsp3) is 0.174. The average molecular weight is 484 g/mol. The van der Waals surface area contributed by atoms with Crippen LogP contribution in [0.1, 0.15) is 11.1 Å². The maximum Gasteiger partial charge on any atom is 0.417 e. The van der Waals surface area contributed by atoms with Gasteiger partial charge in [-0.2, -0.15) is 22.8 Å². The molecule has 35 heavy (non-hydrogen) atoms. The number of amides is 2. The largest absolute Gasteiger partial charge is 0.439 e. The van der Waals surface area contributed by atoms with Crippen LogP contribution < -0.4 is 14.5 Å². The maximum absolute atomic E-state index is 13.0. The van der Waals surface area contributed by atoms with Crippen molar-refractivity contribution in [1.82, 2.24) is 19.6 Å². The van der Waals surface area contributed by atoms with E-state index in [0.717, 1.165) is 11.0 Å². The molecule has 2 amide bonds. The normalized spacial score (nSPS) is 11.3. The average Bonchev–Trinajstić information content (AvgIpc) is 3.31. The van der Waals surface area contributed by atoms with Crippen molar-refractivity contribution in [2.45, 2.75) is 13.1 Å². The molecule has 0 saturated carbocycles. The Morgan fingerprint density at radius 2 is 1.91 bits per heavy atom. The van der Waals surface area contributed by atoms with Gasteiger partial charge >= 0.3 is 6.18 Å². The van der Waals surface area contributed by atoms with Gasteiger partial charge in [0.25, 0.3) is 5.91 Å². The first-order valence-corrected chi connectivity index (χ1v) is 10.3. The summed E-state index contributed by atoms with van der Waals surface area (Å²) in [6.07, 6.45) is 0.867. The van der Waals surface area contributed by atoms with Crippen molar-refractivity contribution in [3.05, 3.63) is 72.3 Å². The summed E-state index contributed by atoms with van der Waals surface area (Å²) in [5, 5.41) is 4.16. The van der Waals surface area contributed by atoms with Gasteiger partial charge in [0.05, 0.1) is 35.9 Å². The predicted octanol–water partition coefficient (Wildman–Crippen LogP) is 3.87. The van der Waals surface area contributed by atoms with Crippen LogP contribution in [0.4, 0.5) is 24.5 Å². The third kappa shape index (κ3) is 5.05. The van der Waals surface area contributed by atoms with Crippen LogP contribution in [0.3, 0.4) is 0 Å². The van der Waals surface area contributed by atoms with Crippen LogP contribution in [0.15, 0.2) is 61.2 Å². The number of ether oxygens (including phenoxy) is 1. The van der Waals surface area contributed by atoms with E-state index in [2.05, 4.69) is 15.1 Å². The molecule has 1 aromatic carbocycles. The van der Waals surface area contributed by atoms with E-state index in [1.165, 1.54) is 28.7 Å². The van der Waals surface area contributed by atoms with E-state index in [0.29, 0.717) is 35.4 Å². The number of alkyl halides is 3. The molecular formula is C23H19F3N6O3. The number of carbonyl (C=O) groups is 2. The van der Waals surface area contributed by atoms with E-state index in [-0.39, 0.29) is 17.9 Å². The fourth-order valence-electron chi connectivity index (χ4n) is 3.33. The minimum absolute atomic E-state index is 0.0845. The topological polar surface area (TPSA) is 92.9 Å². The lowest BCUT2D eigenvalue weighted by Gasteiger charge is -2.23. The lowest BCUT2D eigenvalue weighted by Crippen LogP contribution is -2.38. The first kappa shape index (κ1) is 23.7. The Morgan fingerprint density at radius 3 is 2.63 bits per heavy atom. The van der Waals surface area contributed by atoms with Gasteiger partial charge in [-0.05, 0) is 36.8 Å². The molecule has 0 bridgehead atoms. The van der Waals surface area contributed by atoms with Crippen molar-refractivity contribution in [3.63, 3.8) is 0 Å². The Hall–Kier alpha value is -4.48. The van der Waals surface area contributed by atoms with Gasteiger partial charge < -0.3 is 9.64 Å². The van der Waals surface area contributed by atoms with Crippen LogP contribution in [0.5, 0.6) is 11.6 Å². The number of benzene rings is 1. The molecule has 180 valence electrons. The molecule has 0 spiro atoms. The van der Waals surface area contributed by atoms with Crippen LogP contribution >= 0.6 is 0 Å². The lowest BCUT2D eigenvalue weighted by molar-refractivity contribution is -0.137. The first-order chi connectivity index (χ1) is 16.7. The summed E-state index contributed by atoms with van der Waals surface area (Å²) >= 11 is 0. The number of hydrogen-bond acceptors (Lipinski definition) is 7. The van der Waals surface area contributed by atoms with Crippen LogP contribution in [0.2, 0.25) is 0 Å². The number of likely N-dealkylation sites (N-methyl/N-ethyl adjacent to an activating group) is 1. The number of carbonyl (C=O) groups excluding carboxylic acids is 2. The number of imide groups is 1. The lowest BCUT2D eigenvalue weighted by atomic mass is 10.2. The Labute approximate surface area is 197 Å². The number of anilines is 2. The molecule has 9 nitrogen and oxygen atoms in total. The van der Waals surface area contributed by atoms with Gasteiger partial charge in [-0.25, -0.2) is 4.98 Å². The van der Waals surface area contributed by atoms with Gasteiger partial charge in [0, 0.05) is 31.6 Å². The Kier molecular flexibility index (Phi) is 6.36. The predicted molar refractivity (Wildman–Crippen MR) is 120 cm³/mol. The number of aromatic nitrogens is 4. The van der Waals surface area contributed by atoms with E-state index in [1.54, 1.807) is 43.6 Å². The van der Waals surface area contributed by atoms with Crippen molar-refractivity contribution < 1.29 is 27.5 Å². The molecule has 0 saturated heterocycles. The highest BCUT2D eigenvalue weighted by Crippen LogP contribution is 2.31. The van der Waals surface area contributed by atoms with Gasteiger partial charge in [-0.3, -0.25) is 19.5 Å². The molecule has 0 fully saturated rings. The first-order valence-electron chi connectivity index (χ1n) is 10.3. The standard InChI is InChI=1S/C23H19F3N6O3/c1-15-9-17(3-4-19(15)35-22-6-7-28-20-5-8-29-32(20)22)31(14-33)21(34)13-30(2)18-10-16(11-27-12-18)23(24,25)26/h3-12,14H,13H2,1-2H3. The van der Waals surface area contributed by atoms with Crippen LogP contribution in [0, 0.1) is 6.92 Å². The number of nitrogens with zero attached hydrogens (tertiary/aromatic N) is 6. The molecule has 0 aliphatic carbocycles. The second-order valence-corrected chi connectivity index (χ2v) is 7.59. The van der Waals surface area contributed by atoms with Crippen LogP contribution in [0.25, 0.3) is 5.65 Å². The summed E-state index contributed by atoms with van der Waals surface area (Å²) in [5.41, 5.74) is 0.671. The monoisotopic (exact) mass is 484 g/mol. The molecule has 4 aromatic rings. The number of hydrogen-bond donors (Lipinski definition) is 0. The molecule has 12 heteroatoms. The van der Waals surface area contributed by atoms with E-state index in [4.69, 9.17) is 4.74 Å². The van der Waals surface area contributed by atoms with E-state index in [1.807, 2.05) is 0 Å². The molecule has 3 aromatic heterocycles. The fourth-order valence-corrected chi connectivity index (χ4v) is 3.33. The summed E-state index contributed by atoms with van der Waals surface area (Å²) < 4.78 is 46.4. The minimum atomic E-state index is -4.57. The Morgan fingerprint density at radius 1 is 1.11 bits per heavy atom. The quantitative estimate of drug-likeness (QED) is 0.368. The molecule has 0 N–H and O–H groups in total. The van der Waals surface area contributed by atoms with Gasteiger partial charge in [-0.1, -0.05) is 0 Å². The summed E-state index contributed by atoms with van der Waals surface area (Å²) in [5.74, 6) is 0.262. The molecule has 3 heterocycles. The van der Waals surface area contributed by atoms with E-state index in [9.17, 15) is 22.8 Å². The summed E-state index contributed by atoms with van der Waals surface area (Å²) in [6.45, 7) is 1.39. The zero-order valence-corrected chi connectivity index (χ0v) is 18.6. The number of halogens is 3. The van der Waals surface area contributed by atoms with Crippen molar-refractivity contribution in [2.75, 3.05) is 23.4 Å². The highest BCUT2D eigenvalue weighted by Gasteiger charge is 2.31. The van der Waals surface area contributed by atoms with E-state index >= 15 is 0 Å². The zero-order valence-electron chi connectivity index (χ0n) is 18.6. The number of aryl methyl sites for hydroxylation is 1. The zero-order chi connectivity index (χ0) is 25.2. The maximum atomic E-state index is 13.0. The Balaban J connectivity index is 1.50. The number of fused-ring (bicyclic) bond motifs is 1. The van der Waals surface area contributed by atoms with Gasteiger partial charge in [0.2, 0.25) is 12.3 Å². The third-order valence-electron chi connectivity index (χ3n) is 5.15. The molecular weight excluding hydrogens is 465 g/mol. The minimum Gasteiger partial charge on any atom is -0.439 e. The summed E-state index contributed by atoms with van der Waals surface area (Å²) in [6, 6.07) is 8.98. The Bertz CT molecular complexity index is 1390. The molecule has 0 unspecified atom stereocenters. The van der Waals surface area contributed by atoms with Crippen molar-refractivity contribution >= 4 is 29.3 Å². The summed E-state index contributed by atoms with van der Waals surface area (Å²) in [7, 11) is 1.44. The van der Waals surface area contributed by atoms with Crippen LogP contribution in [-0.4, -0.2) is 45.5 Å². The number of pyridine rings is 1. The number of rotatable bonds is 7. The molecule has 0 aliphatic heterocycles. The van der Waals surface area contributed by atoms with Gasteiger partial charge in [0.1, 0.15) is 5.75 Å². The summed E-state index contributed by atoms with van der Waals surface area (Å²) in [4.78, 5) is 34.5. The van der Waals surface area contributed by atoms with Crippen LogP contribution in [-0.2, 0) is 15.8 Å². The third-order valence-corrected chi connectivity index (χ3v) is 5.15. The highest BCUT2D eigenvalue weighted by molar-refractivity contribution is 6.08. The van der Waals surface area contributed by atoms with Crippen molar-refractivity contribution in [1.29, 1.82) is 0 Å². The van der Waals surface area contributed by atoms with Crippen molar-refractivity contribution in [2.24, 2.45) is 0 Å². The van der Waals surface area contributed by atoms with Crippen molar-refractivity contribution in [3.8, 4) is 11.6 Å². The second-order valence-electron chi connectivity index (χ2n) is 7.59. The molecule has 0 atom stereocenters. The molecule has 4 rings (SSSR count). The van der Waals surface area contributed by atoms with Gasteiger partial charge in [-0.15, -0.1) is 0 Å². The van der Waals surface area contributed by atoms with Gasteiger partial charge in [0.15, 0.2) is 5.65 Å². The second kappa shape index (κ2) is 9.41. The molecule has 0 radical (unpaired) electrons. The van der Waals surface area contributed by atoms with E-state index < -0.39 is 17.6 Å². The molecule has 0 aliphatic rings. The highest BCUT2D eigenvalue weighted by atomic mass is 19.4. The smallest absolute Gasteiger partial charge is 0.417 e. The SMILES string of the molecule is Cc1cc(N(C=O)C(=O)CN(C)c2cncc(C(F)(F)F)c2)ccc1Oc1ccnc2ccnn12.